The molecule has 0 saturated heterocycles. The van der Waals surface area contributed by atoms with Crippen molar-refractivity contribution >= 4 is 6.03 Å². The molecular weight excluding hydrogens is 268 g/mol. The van der Waals surface area contributed by atoms with E-state index in [1.165, 1.54) is 0 Å². The second-order valence-electron chi connectivity index (χ2n) is 6.64. The summed E-state index contributed by atoms with van der Waals surface area (Å²) in [6, 6.07) is 0.525. The van der Waals surface area contributed by atoms with Gasteiger partial charge in [-0.3, -0.25) is 0 Å². The van der Waals surface area contributed by atoms with Gasteiger partial charge in [0, 0.05) is 19.2 Å². The fourth-order valence-corrected chi connectivity index (χ4v) is 3.43. The van der Waals surface area contributed by atoms with Crippen LogP contribution < -0.4 is 10.6 Å². The van der Waals surface area contributed by atoms with E-state index in [9.17, 15) is 4.79 Å². The molecule has 0 heterocycles. The monoisotopic (exact) mass is 298 g/mol. The van der Waals surface area contributed by atoms with E-state index in [1.807, 2.05) is 0 Å². The number of ether oxygens (including phenoxy) is 2. The number of rotatable bonds is 5. The van der Waals surface area contributed by atoms with Crippen molar-refractivity contribution in [1.82, 2.24) is 10.6 Å². The third-order valence-corrected chi connectivity index (χ3v) is 4.53. The van der Waals surface area contributed by atoms with Crippen molar-refractivity contribution in [3.8, 4) is 0 Å². The van der Waals surface area contributed by atoms with Crippen molar-refractivity contribution in [3.05, 3.63) is 0 Å². The van der Waals surface area contributed by atoms with Crippen LogP contribution in [0.3, 0.4) is 0 Å². The Labute approximate surface area is 128 Å². The molecule has 2 fully saturated rings. The summed E-state index contributed by atoms with van der Waals surface area (Å²) in [7, 11) is 1.74. The van der Waals surface area contributed by atoms with Crippen molar-refractivity contribution in [1.29, 1.82) is 0 Å². The van der Waals surface area contributed by atoms with Crippen LogP contribution in [0.25, 0.3) is 0 Å². The van der Waals surface area contributed by atoms with Crippen LogP contribution in [0.2, 0.25) is 0 Å². The molecule has 2 atom stereocenters. The Bertz CT molecular complexity index is 327. The summed E-state index contributed by atoms with van der Waals surface area (Å²) in [5.74, 6) is 0. The number of nitrogens with one attached hydrogen (secondary N) is 2. The number of hydrogen-bond acceptors (Lipinski definition) is 3. The zero-order valence-electron chi connectivity index (χ0n) is 13.6. The molecule has 2 aliphatic rings. The van der Waals surface area contributed by atoms with Crippen LogP contribution in [0.1, 0.15) is 58.8 Å². The van der Waals surface area contributed by atoms with E-state index < -0.39 is 0 Å². The summed E-state index contributed by atoms with van der Waals surface area (Å²) in [6.45, 7) is 4.15. The third kappa shape index (κ3) is 5.47. The van der Waals surface area contributed by atoms with Gasteiger partial charge in [0.05, 0.1) is 18.3 Å². The second-order valence-corrected chi connectivity index (χ2v) is 6.64. The Morgan fingerprint density at radius 3 is 2.10 bits per heavy atom. The highest BCUT2D eigenvalue weighted by atomic mass is 16.5. The van der Waals surface area contributed by atoms with Gasteiger partial charge in [0.25, 0.3) is 0 Å². The van der Waals surface area contributed by atoms with Gasteiger partial charge in [-0.25, -0.2) is 4.79 Å². The Hall–Kier alpha value is -0.810. The van der Waals surface area contributed by atoms with E-state index in [4.69, 9.17) is 9.47 Å². The lowest BCUT2D eigenvalue weighted by atomic mass is 9.93. The number of hydrogen-bond donors (Lipinski definition) is 2. The molecule has 5 heteroatoms. The predicted molar refractivity (Wildman–Crippen MR) is 82.4 cm³/mol. The molecule has 5 nitrogen and oxygen atoms in total. The molecule has 0 spiro atoms. The van der Waals surface area contributed by atoms with Crippen LogP contribution in [-0.2, 0) is 9.47 Å². The summed E-state index contributed by atoms with van der Waals surface area (Å²) < 4.78 is 11.2. The van der Waals surface area contributed by atoms with Crippen LogP contribution in [-0.4, -0.2) is 43.5 Å². The number of carbonyl (C=O) groups is 1. The first kappa shape index (κ1) is 16.6. The molecule has 2 aliphatic carbocycles. The van der Waals surface area contributed by atoms with Gasteiger partial charge in [-0.2, -0.15) is 0 Å². The van der Waals surface area contributed by atoms with Crippen molar-refractivity contribution in [2.75, 3.05) is 7.11 Å². The Morgan fingerprint density at radius 2 is 1.52 bits per heavy atom. The molecule has 0 bridgehead atoms. The molecule has 0 radical (unpaired) electrons. The molecule has 0 aromatic carbocycles. The average Bonchev–Trinajstić information content (AvgIpc) is 2.88. The summed E-state index contributed by atoms with van der Waals surface area (Å²) in [5, 5.41) is 6.18. The zero-order valence-corrected chi connectivity index (χ0v) is 13.6. The summed E-state index contributed by atoms with van der Waals surface area (Å²) >= 11 is 0. The lowest BCUT2D eigenvalue weighted by Gasteiger charge is -2.30. The lowest BCUT2D eigenvalue weighted by molar-refractivity contribution is -0.0156. The highest BCUT2D eigenvalue weighted by Gasteiger charge is 2.27. The third-order valence-electron chi connectivity index (χ3n) is 4.53. The predicted octanol–water partition coefficient (Wildman–Crippen LogP) is 2.59. The summed E-state index contributed by atoms with van der Waals surface area (Å²) in [6.07, 6.45) is 8.04. The molecule has 2 saturated carbocycles. The van der Waals surface area contributed by atoms with Crippen LogP contribution in [0.15, 0.2) is 0 Å². The van der Waals surface area contributed by atoms with Gasteiger partial charge >= 0.3 is 6.03 Å². The molecule has 0 aliphatic heterocycles. The minimum absolute atomic E-state index is 0.0232. The topological polar surface area (TPSA) is 59.6 Å². The molecular formula is C16H30N2O3. The minimum atomic E-state index is -0.0232. The van der Waals surface area contributed by atoms with Crippen molar-refractivity contribution < 1.29 is 14.3 Å². The van der Waals surface area contributed by atoms with Gasteiger partial charge in [-0.15, -0.1) is 0 Å². The largest absolute Gasteiger partial charge is 0.381 e. The normalized spacial score (nSPS) is 33.1. The van der Waals surface area contributed by atoms with E-state index >= 15 is 0 Å². The summed E-state index contributed by atoms with van der Waals surface area (Å²) in [4.78, 5) is 12.0. The molecule has 0 aromatic rings. The van der Waals surface area contributed by atoms with Crippen LogP contribution >= 0.6 is 0 Å². The Morgan fingerprint density at radius 1 is 0.952 bits per heavy atom. The van der Waals surface area contributed by atoms with E-state index in [2.05, 4.69) is 24.5 Å². The van der Waals surface area contributed by atoms with Gasteiger partial charge in [0.2, 0.25) is 0 Å². The first-order valence-electron chi connectivity index (χ1n) is 8.32. The molecule has 21 heavy (non-hydrogen) atoms. The molecule has 2 N–H and O–H groups in total. The average molecular weight is 298 g/mol. The number of methoxy groups -OCH3 is 1. The van der Waals surface area contributed by atoms with Gasteiger partial charge in [-0.05, 0) is 58.8 Å². The molecule has 0 unspecified atom stereocenters. The number of urea groups is 1. The van der Waals surface area contributed by atoms with Gasteiger partial charge < -0.3 is 20.1 Å². The minimum Gasteiger partial charge on any atom is -0.381 e. The van der Waals surface area contributed by atoms with Crippen molar-refractivity contribution in [2.45, 2.75) is 89.2 Å². The van der Waals surface area contributed by atoms with E-state index in [-0.39, 0.29) is 18.1 Å². The van der Waals surface area contributed by atoms with E-state index in [0.717, 1.165) is 44.9 Å². The quantitative estimate of drug-likeness (QED) is 0.820. The van der Waals surface area contributed by atoms with Crippen LogP contribution in [0.5, 0.6) is 0 Å². The molecule has 122 valence electrons. The zero-order chi connectivity index (χ0) is 15.2. The highest BCUT2D eigenvalue weighted by molar-refractivity contribution is 5.74. The Kier molecular flexibility index (Phi) is 6.30. The van der Waals surface area contributed by atoms with Crippen molar-refractivity contribution in [3.63, 3.8) is 0 Å². The van der Waals surface area contributed by atoms with Gasteiger partial charge in [0.1, 0.15) is 0 Å². The lowest BCUT2D eigenvalue weighted by Crippen LogP contribution is -2.47. The smallest absolute Gasteiger partial charge is 0.315 e. The SMILES string of the molecule is CO[C@H]1CC[C@H](NC(=O)NC2CCC(OC(C)C)CC2)C1. The van der Waals surface area contributed by atoms with Gasteiger partial charge in [-0.1, -0.05) is 0 Å². The number of carbonyl (C=O) groups excluding carboxylic acids is 1. The Balaban J connectivity index is 1.63. The maximum atomic E-state index is 12.0. The van der Waals surface area contributed by atoms with E-state index in [1.54, 1.807) is 7.11 Å². The fraction of sp³-hybridized carbons (Fsp3) is 0.938. The fourth-order valence-electron chi connectivity index (χ4n) is 3.43. The van der Waals surface area contributed by atoms with Crippen molar-refractivity contribution in [2.24, 2.45) is 0 Å². The van der Waals surface area contributed by atoms with Gasteiger partial charge in [0.15, 0.2) is 0 Å². The first-order valence-corrected chi connectivity index (χ1v) is 8.32. The first-order chi connectivity index (χ1) is 10.1. The van der Waals surface area contributed by atoms with E-state index in [0.29, 0.717) is 18.3 Å². The molecule has 2 rings (SSSR count). The molecule has 2 amide bonds. The number of amides is 2. The highest BCUT2D eigenvalue weighted by Crippen LogP contribution is 2.23. The second kappa shape index (κ2) is 7.99. The molecule has 0 aromatic heterocycles. The maximum absolute atomic E-state index is 12.0. The van der Waals surface area contributed by atoms with Crippen LogP contribution in [0, 0.1) is 0 Å². The standard InChI is InChI=1S/C16H30N2O3/c1-11(2)21-14-7-4-12(5-8-14)17-16(19)18-13-6-9-15(10-13)20-3/h11-15H,4-10H2,1-3H3,(H2,17,18,19)/t12?,13-,14?,15-/m0/s1. The van der Waals surface area contributed by atoms with Crippen LogP contribution in [0.4, 0.5) is 4.79 Å². The maximum Gasteiger partial charge on any atom is 0.315 e. The summed E-state index contributed by atoms with van der Waals surface area (Å²) in [5.41, 5.74) is 0.